The highest BCUT2D eigenvalue weighted by atomic mass is 79.9. The molecule has 1 aromatic rings. The summed E-state index contributed by atoms with van der Waals surface area (Å²) in [7, 11) is 0. The van der Waals surface area contributed by atoms with E-state index in [2.05, 4.69) is 21.2 Å². The van der Waals surface area contributed by atoms with Crippen molar-refractivity contribution in [1.82, 2.24) is 4.90 Å². The number of hydrogen-bond acceptors (Lipinski definition) is 2. The summed E-state index contributed by atoms with van der Waals surface area (Å²) in [4.78, 5) is 24.8. The summed E-state index contributed by atoms with van der Waals surface area (Å²) in [5.41, 5.74) is 0.703. The summed E-state index contributed by atoms with van der Waals surface area (Å²) in [6.45, 7) is 5.29. The van der Waals surface area contributed by atoms with Crippen molar-refractivity contribution in [3.8, 4) is 0 Å². The quantitative estimate of drug-likeness (QED) is 0.929. The van der Waals surface area contributed by atoms with Gasteiger partial charge >= 0.3 is 0 Å². The number of carbonyl (C=O) groups excluding carboxylic acids is 2. The van der Waals surface area contributed by atoms with Gasteiger partial charge in [-0.05, 0) is 41.9 Å². The van der Waals surface area contributed by atoms with Crippen molar-refractivity contribution < 1.29 is 9.59 Å². The van der Waals surface area contributed by atoms with Gasteiger partial charge in [-0.2, -0.15) is 0 Å². The maximum absolute atomic E-state index is 11.9. The number of carbonyl (C=O) groups is 2. The molecular formula is C13H17BrN2O2. The van der Waals surface area contributed by atoms with Gasteiger partial charge in [0.25, 0.3) is 0 Å². The topological polar surface area (TPSA) is 49.4 Å². The first-order valence-electron chi connectivity index (χ1n) is 5.73. The van der Waals surface area contributed by atoms with Gasteiger partial charge in [-0.3, -0.25) is 9.59 Å². The second-order valence-corrected chi connectivity index (χ2v) is 5.12. The molecular weight excluding hydrogens is 296 g/mol. The minimum absolute atomic E-state index is 0.00691. The average Bonchev–Trinajstić information content (AvgIpc) is 2.28. The molecule has 0 aromatic heterocycles. The molecule has 4 nitrogen and oxygen atoms in total. The van der Waals surface area contributed by atoms with Crippen molar-refractivity contribution in [1.29, 1.82) is 0 Å². The van der Waals surface area contributed by atoms with E-state index in [1.165, 1.54) is 11.8 Å². The molecule has 18 heavy (non-hydrogen) atoms. The number of rotatable bonds is 4. The lowest BCUT2D eigenvalue weighted by Gasteiger charge is -2.24. The highest BCUT2D eigenvalue weighted by molar-refractivity contribution is 9.10. The zero-order valence-electron chi connectivity index (χ0n) is 10.7. The summed E-state index contributed by atoms with van der Waals surface area (Å²) in [5.74, 6) is -0.307. The van der Waals surface area contributed by atoms with Crippen LogP contribution >= 0.6 is 15.9 Å². The molecule has 0 atom stereocenters. The molecule has 0 saturated carbocycles. The zero-order valence-corrected chi connectivity index (χ0v) is 12.3. The van der Waals surface area contributed by atoms with Crippen LogP contribution in [0.5, 0.6) is 0 Å². The smallest absolute Gasteiger partial charge is 0.244 e. The number of para-hydroxylation sites is 1. The maximum atomic E-state index is 11.9. The van der Waals surface area contributed by atoms with Crippen LogP contribution in [-0.2, 0) is 9.59 Å². The van der Waals surface area contributed by atoms with Gasteiger partial charge in [-0.1, -0.05) is 12.1 Å². The summed E-state index contributed by atoms with van der Waals surface area (Å²) >= 11 is 3.35. The highest BCUT2D eigenvalue weighted by Crippen LogP contribution is 2.21. The van der Waals surface area contributed by atoms with Crippen LogP contribution < -0.4 is 5.32 Å². The molecule has 2 amide bonds. The van der Waals surface area contributed by atoms with E-state index >= 15 is 0 Å². The Morgan fingerprint density at radius 2 is 1.94 bits per heavy atom. The number of benzene rings is 1. The minimum Gasteiger partial charge on any atom is -0.331 e. The van der Waals surface area contributed by atoms with Gasteiger partial charge in [0, 0.05) is 17.4 Å². The second kappa shape index (κ2) is 6.54. The fourth-order valence-electron chi connectivity index (χ4n) is 1.56. The SMILES string of the molecule is CC(=O)N(CC(=O)Nc1ccccc1Br)C(C)C. The number of halogens is 1. The second-order valence-electron chi connectivity index (χ2n) is 4.27. The molecule has 1 rings (SSSR count). The van der Waals surface area contributed by atoms with E-state index in [1.807, 2.05) is 32.0 Å². The van der Waals surface area contributed by atoms with Crippen molar-refractivity contribution in [2.45, 2.75) is 26.8 Å². The third-order valence-electron chi connectivity index (χ3n) is 2.49. The molecule has 0 radical (unpaired) electrons. The maximum Gasteiger partial charge on any atom is 0.244 e. The van der Waals surface area contributed by atoms with Gasteiger partial charge < -0.3 is 10.2 Å². The number of anilines is 1. The van der Waals surface area contributed by atoms with E-state index in [9.17, 15) is 9.59 Å². The first-order chi connectivity index (χ1) is 8.41. The Bertz CT molecular complexity index is 446. The van der Waals surface area contributed by atoms with Gasteiger partial charge in [-0.15, -0.1) is 0 Å². The van der Waals surface area contributed by atoms with Crippen molar-refractivity contribution in [2.75, 3.05) is 11.9 Å². The molecule has 0 bridgehead atoms. The molecule has 0 aliphatic rings. The van der Waals surface area contributed by atoms with Crippen molar-refractivity contribution >= 4 is 33.4 Å². The van der Waals surface area contributed by atoms with Gasteiger partial charge in [0.1, 0.15) is 6.54 Å². The third-order valence-corrected chi connectivity index (χ3v) is 3.18. The lowest BCUT2D eigenvalue weighted by atomic mass is 10.3. The van der Waals surface area contributed by atoms with Crippen LogP contribution in [0.1, 0.15) is 20.8 Å². The molecule has 0 saturated heterocycles. The van der Waals surface area contributed by atoms with Crippen molar-refractivity contribution in [3.63, 3.8) is 0 Å². The van der Waals surface area contributed by atoms with Crippen LogP contribution in [0.3, 0.4) is 0 Å². The van der Waals surface area contributed by atoms with E-state index in [0.717, 1.165) is 4.47 Å². The Labute approximate surface area is 115 Å². The van der Waals surface area contributed by atoms with Crippen LogP contribution in [0, 0.1) is 0 Å². The summed E-state index contributed by atoms with van der Waals surface area (Å²) in [6, 6.07) is 7.37. The van der Waals surface area contributed by atoms with Gasteiger partial charge in [0.05, 0.1) is 5.69 Å². The average molecular weight is 313 g/mol. The fourth-order valence-corrected chi connectivity index (χ4v) is 1.95. The van der Waals surface area contributed by atoms with Crippen LogP contribution in [0.15, 0.2) is 28.7 Å². The van der Waals surface area contributed by atoms with Gasteiger partial charge in [0.2, 0.25) is 11.8 Å². The van der Waals surface area contributed by atoms with E-state index < -0.39 is 0 Å². The lowest BCUT2D eigenvalue weighted by Crippen LogP contribution is -2.41. The fraction of sp³-hybridized carbons (Fsp3) is 0.385. The molecule has 0 fully saturated rings. The first kappa shape index (κ1) is 14.7. The number of amides is 2. The molecule has 0 aliphatic carbocycles. The Balaban J connectivity index is 2.67. The largest absolute Gasteiger partial charge is 0.331 e. The van der Waals surface area contributed by atoms with Gasteiger partial charge in [-0.25, -0.2) is 0 Å². The van der Waals surface area contributed by atoms with E-state index in [4.69, 9.17) is 0 Å². The Hall–Kier alpha value is -1.36. The molecule has 0 aliphatic heterocycles. The number of nitrogens with one attached hydrogen (secondary N) is 1. The molecule has 0 heterocycles. The summed E-state index contributed by atoms with van der Waals surface area (Å²) in [5, 5.41) is 2.77. The predicted octanol–water partition coefficient (Wildman–Crippen LogP) is 2.64. The molecule has 98 valence electrons. The monoisotopic (exact) mass is 312 g/mol. The molecule has 0 unspecified atom stereocenters. The standard InChI is InChI=1S/C13H17BrN2O2/c1-9(2)16(10(3)17)8-13(18)15-12-7-5-4-6-11(12)14/h4-7,9H,8H2,1-3H3,(H,15,18). The molecule has 5 heteroatoms. The van der Waals surface area contributed by atoms with E-state index in [0.29, 0.717) is 5.69 Å². The molecule has 1 N–H and O–H groups in total. The summed E-state index contributed by atoms with van der Waals surface area (Å²) < 4.78 is 0.817. The van der Waals surface area contributed by atoms with Crippen LogP contribution in [0.2, 0.25) is 0 Å². The Kier molecular flexibility index (Phi) is 5.34. The van der Waals surface area contributed by atoms with Crippen LogP contribution in [0.4, 0.5) is 5.69 Å². The van der Waals surface area contributed by atoms with Crippen LogP contribution in [-0.4, -0.2) is 29.3 Å². The Morgan fingerprint density at radius 3 is 2.44 bits per heavy atom. The predicted molar refractivity (Wildman–Crippen MR) is 75.3 cm³/mol. The van der Waals surface area contributed by atoms with Crippen molar-refractivity contribution in [2.24, 2.45) is 0 Å². The van der Waals surface area contributed by atoms with Crippen LogP contribution in [0.25, 0.3) is 0 Å². The normalized spacial score (nSPS) is 10.3. The Morgan fingerprint density at radius 1 is 1.33 bits per heavy atom. The first-order valence-corrected chi connectivity index (χ1v) is 6.52. The summed E-state index contributed by atoms with van der Waals surface area (Å²) in [6.07, 6.45) is 0. The number of nitrogens with zero attached hydrogens (tertiary/aromatic N) is 1. The van der Waals surface area contributed by atoms with Crippen molar-refractivity contribution in [3.05, 3.63) is 28.7 Å². The lowest BCUT2D eigenvalue weighted by molar-refractivity contribution is -0.134. The minimum atomic E-state index is -0.203. The highest BCUT2D eigenvalue weighted by Gasteiger charge is 2.16. The molecule has 0 spiro atoms. The number of hydrogen-bond donors (Lipinski definition) is 1. The van der Waals surface area contributed by atoms with Gasteiger partial charge in [0.15, 0.2) is 0 Å². The molecule has 1 aromatic carbocycles. The van der Waals surface area contributed by atoms with E-state index in [-0.39, 0.29) is 24.4 Å². The zero-order chi connectivity index (χ0) is 13.7. The van der Waals surface area contributed by atoms with E-state index in [1.54, 1.807) is 6.07 Å². The third kappa shape index (κ3) is 4.14.